The molecule has 1 aromatic carbocycles. The van der Waals surface area contributed by atoms with E-state index in [2.05, 4.69) is 10.3 Å². The highest BCUT2D eigenvalue weighted by Gasteiger charge is 2.36. The Morgan fingerprint density at radius 2 is 2.00 bits per heavy atom. The number of pyridine rings is 1. The van der Waals surface area contributed by atoms with Crippen molar-refractivity contribution in [2.75, 3.05) is 35.6 Å². The van der Waals surface area contributed by atoms with Crippen LogP contribution in [-0.2, 0) is 4.79 Å². The summed E-state index contributed by atoms with van der Waals surface area (Å²) in [4.78, 5) is 32.1. The van der Waals surface area contributed by atoms with Crippen LogP contribution in [0.3, 0.4) is 0 Å². The quantitative estimate of drug-likeness (QED) is 0.624. The van der Waals surface area contributed by atoms with Crippen LogP contribution in [0.25, 0.3) is 11.1 Å². The van der Waals surface area contributed by atoms with E-state index in [9.17, 15) is 22.8 Å². The zero-order valence-corrected chi connectivity index (χ0v) is 18.7. The van der Waals surface area contributed by atoms with Gasteiger partial charge < -0.3 is 21.7 Å². The molecule has 3 heterocycles. The van der Waals surface area contributed by atoms with Gasteiger partial charge in [-0.2, -0.15) is 13.2 Å². The van der Waals surface area contributed by atoms with E-state index in [1.165, 1.54) is 9.80 Å². The Labute approximate surface area is 195 Å². The predicted molar refractivity (Wildman–Crippen MR) is 123 cm³/mol. The number of anilines is 3. The lowest BCUT2D eigenvalue weighted by molar-refractivity contribution is -0.143. The molecule has 4 rings (SSSR count). The molecule has 0 saturated carbocycles. The second-order valence-corrected chi connectivity index (χ2v) is 8.99. The Bertz CT molecular complexity index is 1110. The molecular weight excluding hydrogens is 449 g/mol. The zero-order valence-electron chi connectivity index (χ0n) is 18.7. The number of likely N-dealkylation sites (tertiary alicyclic amines) is 1. The fourth-order valence-corrected chi connectivity index (χ4v) is 4.51. The fraction of sp³-hybridized carbons (Fsp3) is 0.435. The normalized spacial score (nSPS) is 20.8. The Balaban J connectivity index is 1.52. The fourth-order valence-electron chi connectivity index (χ4n) is 4.51. The number of rotatable bonds is 4. The van der Waals surface area contributed by atoms with Crippen molar-refractivity contribution in [2.45, 2.75) is 38.4 Å². The van der Waals surface area contributed by atoms with E-state index < -0.39 is 24.5 Å². The van der Waals surface area contributed by atoms with Crippen molar-refractivity contribution in [1.29, 1.82) is 0 Å². The second-order valence-electron chi connectivity index (χ2n) is 8.99. The Hall–Kier alpha value is -3.34. The minimum Gasteiger partial charge on any atom is -0.384 e. The standard InChI is InChI=1S/C23H27F3N6O2/c1-13-2-3-17(29-22(34)31-5-4-14(11-31)10-23(24,25)26)9-18(13)15-6-19(28)30-20(7-15)32-12-16(27)8-21(32)33/h2-3,6-7,9,14,16H,4-5,8,10-12,27H2,1H3,(H2,28,30)(H,29,34)/t14-,16-/m0/s1. The Morgan fingerprint density at radius 3 is 2.68 bits per heavy atom. The molecule has 0 radical (unpaired) electrons. The number of hydrogen-bond acceptors (Lipinski definition) is 5. The molecule has 5 N–H and O–H groups in total. The highest BCUT2D eigenvalue weighted by molar-refractivity contribution is 5.96. The highest BCUT2D eigenvalue weighted by Crippen LogP contribution is 2.33. The van der Waals surface area contributed by atoms with E-state index in [4.69, 9.17) is 11.5 Å². The Morgan fingerprint density at radius 1 is 1.24 bits per heavy atom. The van der Waals surface area contributed by atoms with Crippen LogP contribution in [0, 0.1) is 12.8 Å². The van der Waals surface area contributed by atoms with Gasteiger partial charge in [-0.1, -0.05) is 6.07 Å². The molecule has 0 bridgehead atoms. The predicted octanol–water partition coefficient (Wildman–Crippen LogP) is 3.51. The minimum atomic E-state index is -4.24. The van der Waals surface area contributed by atoms with Gasteiger partial charge in [0.2, 0.25) is 5.91 Å². The largest absolute Gasteiger partial charge is 0.389 e. The number of nitrogens with two attached hydrogens (primary N) is 2. The van der Waals surface area contributed by atoms with Crippen molar-refractivity contribution < 1.29 is 22.8 Å². The molecule has 0 unspecified atom stereocenters. The molecule has 2 aliphatic heterocycles. The number of aromatic nitrogens is 1. The molecule has 34 heavy (non-hydrogen) atoms. The van der Waals surface area contributed by atoms with Gasteiger partial charge in [0.1, 0.15) is 11.6 Å². The summed E-state index contributed by atoms with van der Waals surface area (Å²) < 4.78 is 38.0. The van der Waals surface area contributed by atoms with Crippen LogP contribution in [0.15, 0.2) is 30.3 Å². The smallest absolute Gasteiger partial charge is 0.384 e. The molecule has 0 aliphatic carbocycles. The number of nitrogens with zero attached hydrogens (tertiary/aromatic N) is 3. The maximum absolute atomic E-state index is 12.7. The zero-order chi connectivity index (χ0) is 24.6. The third-order valence-electron chi connectivity index (χ3n) is 6.16. The molecule has 11 heteroatoms. The first-order valence-electron chi connectivity index (χ1n) is 11.1. The summed E-state index contributed by atoms with van der Waals surface area (Å²) in [5.74, 6) is -0.0559. The molecule has 182 valence electrons. The van der Waals surface area contributed by atoms with Crippen molar-refractivity contribution in [3.05, 3.63) is 35.9 Å². The number of nitrogens with one attached hydrogen (secondary N) is 1. The summed E-state index contributed by atoms with van der Waals surface area (Å²) in [5.41, 5.74) is 14.8. The van der Waals surface area contributed by atoms with Gasteiger partial charge in [0, 0.05) is 44.2 Å². The van der Waals surface area contributed by atoms with E-state index in [1.54, 1.807) is 24.3 Å². The number of benzene rings is 1. The second kappa shape index (κ2) is 9.13. The number of alkyl halides is 3. The Kier molecular flexibility index (Phi) is 6.39. The maximum Gasteiger partial charge on any atom is 0.389 e. The molecule has 1 aromatic heterocycles. The molecular formula is C23H27F3N6O2. The molecule has 8 nitrogen and oxygen atoms in total. The first-order valence-corrected chi connectivity index (χ1v) is 11.1. The molecule has 2 saturated heterocycles. The summed E-state index contributed by atoms with van der Waals surface area (Å²) in [6.07, 6.45) is -4.56. The van der Waals surface area contributed by atoms with Gasteiger partial charge in [0.15, 0.2) is 0 Å². The third kappa shape index (κ3) is 5.41. The minimum absolute atomic E-state index is 0.0698. The lowest BCUT2D eigenvalue weighted by atomic mass is 10.00. The van der Waals surface area contributed by atoms with E-state index in [1.807, 2.05) is 13.0 Å². The number of carbonyl (C=O) groups excluding carboxylic acids is 2. The SMILES string of the molecule is Cc1ccc(NC(=O)N2CC[C@@H](CC(F)(F)F)C2)cc1-c1cc(N)nc(N2C[C@@H](N)CC2=O)c1. The van der Waals surface area contributed by atoms with Crippen LogP contribution in [0.2, 0.25) is 0 Å². The third-order valence-corrected chi connectivity index (χ3v) is 6.16. The first kappa shape index (κ1) is 23.8. The highest BCUT2D eigenvalue weighted by atomic mass is 19.4. The number of urea groups is 1. The topological polar surface area (TPSA) is 118 Å². The van der Waals surface area contributed by atoms with Gasteiger partial charge in [-0.3, -0.25) is 9.69 Å². The van der Waals surface area contributed by atoms with Gasteiger partial charge in [0.05, 0.1) is 0 Å². The summed E-state index contributed by atoms with van der Waals surface area (Å²) in [5, 5.41) is 2.78. The summed E-state index contributed by atoms with van der Waals surface area (Å²) in [7, 11) is 0. The molecule has 2 aromatic rings. The van der Waals surface area contributed by atoms with Gasteiger partial charge in [-0.25, -0.2) is 9.78 Å². The van der Waals surface area contributed by atoms with Crippen molar-refractivity contribution in [1.82, 2.24) is 9.88 Å². The lowest BCUT2D eigenvalue weighted by Gasteiger charge is -2.19. The van der Waals surface area contributed by atoms with Crippen molar-refractivity contribution in [2.24, 2.45) is 11.7 Å². The molecule has 2 aliphatic rings. The van der Waals surface area contributed by atoms with Gasteiger partial charge in [-0.05, 0) is 60.2 Å². The van der Waals surface area contributed by atoms with E-state index in [0.717, 1.165) is 16.7 Å². The summed E-state index contributed by atoms with van der Waals surface area (Å²) in [6.45, 7) is 2.60. The molecule has 2 atom stereocenters. The van der Waals surface area contributed by atoms with Gasteiger partial charge >= 0.3 is 12.2 Å². The van der Waals surface area contributed by atoms with Crippen LogP contribution in [0.5, 0.6) is 0 Å². The number of hydrogen-bond donors (Lipinski definition) is 3. The van der Waals surface area contributed by atoms with Crippen molar-refractivity contribution in [3.63, 3.8) is 0 Å². The van der Waals surface area contributed by atoms with Crippen LogP contribution in [0.1, 0.15) is 24.8 Å². The number of aryl methyl sites for hydroxylation is 1. The average molecular weight is 477 g/mol. The molecule has 3 amide bonds. The number of nitrogen functional groups attached to an aromatic ring is 1. The van der Waals surface area contributed by atoms with Crippen LogP contribution >= 0.6 is 0 Å². The number of halogens is 3. The van der Waals surface area contributed by atoms with Gasteiger partial charge in [0.25, 0.3) is 0 Å². The molecule has 0 spiro atoms. The number of amides is 3. The van der Waals surface area contributed by atoms with Crippen LogP contribution in [-0.4, -0.2) is 53.7 Å². The van der Waals surface area contributed by atoms with Crippen LogP contribution in [0.4, 0.5) is 35.3 Å². The summed E-state index contributed by atoms with van der Waals surface area (Å²) in [6, 6.07) is 8.06. The summed E-state index contributed by atoms with van der Waals surface area (Å²) >= 11 is 0. The monoisotopic (exact) mass is 476 g/mol. The van der Waals surface area contributed by atoms with Crippen molar-refractivity contribution >= 4 is 29.3 Å². The first-order chi connectivity index (χ1) is 16.0. The van der Waals surface area contributed by atoms with E-state index >= 15 is 0 Å². The number of carbonyl (C=O) groups is 2. The van der Waals surface area contributed by atoms with E-state index in [-0.39, 0.29) is 37.3 Å². The maximum atomic E-state index is 12.7. The molecule has 2 fully saturated rings. The lowest BCUT2D eigenvalue weighted by Crippen LogP contribution is -2.33. The van der Waals surface area contributed by atoms with E-state index in [0.29, 0.717) is 24.5 Å². The van der Waals surface area contributed by atoms with Crippen molar-refractivity contribution in [3.8, 4) is 11.1 Å². The average Bonchev–Trinajstić information content (AvgIpc) is 3.33. The van der Waals surface area contributed by atoms with Crippen LogP contribution < -0.4 is 21.7 Å². The van der Waals surface area contributed by atoms with Gasteiger partial charge in [-0.15, -0.1) is 0 Å².